The maximum atomic E-state index is 12.7. The fourth-order valence-electron chi connectivity index (χ4n) is 6.57. The summed E-state index contributed by atoms with van der Waals surface area (Å²) in [5.41, 5.74) is 5.37. The molecule has 0 spiro atoms. The van der Waals surface area contributed by atoms with Crippen molar-refractivity contribution < 1.29 is 37.6 Å². The molecule has 0 amide bonds. The van der Waals surface area contributed by atoms with Gasteiger partial charge in [-0.05, 0) is 103 Å². The van der Waals surface area contributed by atoms with Crippen LogP contribution in [0.4, 0.5) is 0 Å². The van der Waals surface area contributed by atoms with Crippen LogP contribution in [-0.2, 0) is 32.7 Å². The third-order valence-corrected chi connectivity index (χ3v) is 11.3. The van der Waals surface area contributed by atoms with Crippen molar-refractivity contribution in [3.05, 3.63) is 122 Å². The van der Waals surface area contributed by atoms with Crippen molar-refractivity contribution in [3.63, 3.8) is 0 Å². The van der Waals surface area contributed by atoms with Crippen LogP contribution in [0.3, 0.4) is 0 Å². The van der Waals surface area contributed by atoms with Crippen molar-refractivity contribution in [1.82, 2.24) is 0 Å². The smallest absolute Gasteiger partial charge is 0.462 e. The molecule has 10 heteroatoms. The highest BCUT2D eigenvalue weighted by Crippen LogP contribution is 2.43. The number of carbonyl (C=O) groups excluding carboxylic acids is 2. The predicted octanol–water partition coefficient (Wildman–Crippen LogP) is 16.1. The Bertz CT molecular complexity index is 1500. The van der Waals surface area contributed by atoms with E-state index < -0.39 is 32.5 Å². The number of ether oxygens (including phenoxy) is 2. The van der Waals surface area contributed by atoms with Gasteiger partial charge in [0.2, 0.25) is 0 Å². The molecule has 0 rings (SSSR count). The lowest BCUT2D eigenvalue weighted by Gasteiger charge is -2.19. The van der Waals surface area contributed by atoms with Crippen LogP contribution >= 0.6 is 7.82 Å². The molecule has 2 atom stereocenters. The maximum absolute atomic E-state index is 12.7. The zero-order valence-corrected chi connectivity index (χ0v) is 43.0. The van der Waals surface area contributed by atoms with E-state index in [1.807, 2.05) is 0 Å². The molecule has 0 radical (unpaired) electrons. The molecule has 9 nitrogen and oxygen atoms in total. The van der Waals surface area contributed by atoms with Crippen molar-refractivity contribution in [1.29, 1.82) is 0 Å². The third kappa shape index (κ3) is 51.6. The van der Waals surface area contributed by atoms with E-state index in [-0.39, 0.29) is 32.6 Å². The zero-order chi connectivity index (χ0) is 48.8. The SMILES string of the molecule is CC/C=C\C/C=C\C/C=C\C/C=C\C/C=C\CCCCCCCCCC(=O)OCC(COP(=O)(O)OCCN)OC(=O)CCCCCCCCC/C=C\C/C=C\C/C=C\C/C=C\C/C=C\CC. The molecule has 0 bridgehead atoms. The standard InChI is InChI=1S/C57H94NO8P/c1-3-5-7-9-11-13-15-17-19-21-23-25-27-29-31-33-35-37-39-41-43-45-47-49-56(59)63-53-55(54-65-67(61,62)64-52-51-58)66-57(60)50-48-46-44-42-40-38-36-34-32-30-28-26-24-22-20-18-16-14-12-10-8-6-4-2/h5-8,11-14,17-20,23-26,29-32,55H,3-4,9-10,15-16,21-22,27-28,33-54,58H2,1-2H3,(H,61,62)/b7-5-,8-6-,13-11-,14-12-,19-17-,20-18-,25-23-,26-24-,31-29-,32-30-. The quantitative estimate of drug-likeness (QED) is 0.0265. The lowest BCUT2D eigenvalue weighted by atomic mass is 10.1. The third-order valence-electron chi connectivity index (χ3n) is 10.3. The fraction of sp³-hybridized carbons (Fsp3) is 0.614. The molecule has 0 aromatic carbocycles. The number of nitrogens with two attached hydrogens (primary N) is 1. The van der Waals surface area contributed by atoms with E-state index in [9.17, 15) is 19.0 Å². The highest BCUT2D eigenvalue weighted by atomic mass is 31.2. The molecule has 0 saturated carbocycles. The first-order valence-electron chi connectivity index (χ1n) is 26.0. The lowest BCUT2D eigenvalue weighted by Crippen LogP contribution is -2.29. The minimum atomic E-state index is -4.40. The largest absolute Gasteiger partial charge is 0.472 e. The minimum Gasteiger partial charge on any atom is -0.462 e. The Balaban J connectivity index is 4.13. The minimum absolute atomic E-state index is 0.0425. The molecule has 0 heterocycles. The van der Waals surface area contributed by atoms with Crippen LogP contribution in [0.5, 0.6) is 0 Å². The lowest BCUT2D eigenvalue weighted by molar-refractivity contribution is -0.161. The number of unbranched alkanes of at least 4 members (excludes halogenated alkanes) is 14. The van der Waals surface area contributed by atoms with Crippen LogP contribution in [0, 0.1) is 0 Å². The molecule has 0 aliphatic heterocycles. The van der Waals surface area contributed by atoms with Gasteiger partial charge in [-0.1, -0.05) is 200 Å². The van der Waals surface area contributed by atoms with Crippen LogP contribution in [0.1, 0.15) is 194 Å². The van der Waals surface area contributed by atoms with Gasteiger partial charge in [-0.2, -0.15) is 0 Å². The van der Waals surface area contributed by atoms with Crippen LogP contribution in [0.2, 0.25) is 0 Å². The van der Waals surface area contributed by atoms with Crippen molar-refractivity contribution in [2.24, 2.45) is 5.73 Å². The average molecular weight is 952 g/mol. The zero-order valence-electron chi connectivity index (χ0n) is 42.1. The molecule has 0 aromatic rings. The van der Waals surface area contributed by atoms with Gasteiger partial charge in [-0.25, -0.2) is 4.57 Å². The van der Waals surface area contributed by atoms with Gasteiger partial charge in [0, 0.05) is 19.4 Å². The summed E-state index contributed by atoms with van der Waals surface area (Å²) in [6.45, 7) is 3.47. The number of phosphoric acid groups is 1. The number of allylic oxidation sites excluding steroid dienone is 20. The number of esters is 2. The Morgan fingerprint density at radius 1 is 0.448 bits per heavy atom. The topological polar surface area (TPSA) is 134 Å². The summed E-state index contributed by atoms with van der Waals surface area (Å²) in [6.07, 6.45) is 70.8. The van der Waals surface area contributed by atoms with Crippen molar-refractivity contribution in [2.45, 2.75) is 200 Å². The van der Waals surface area contributed by atoms with Gasteiger partial charge in [0.15, 0.2) is 6.10 Å². The fourth-order valence-corrected chi connectivity index (χ4v) is 7.34. The summed E-state index contributed by atoms with van der Waals surface area (Å²) in [6, 6.07) is 0. The molecule has 380 valence electrons. The molecule has 0 fully saturated rings. The second-order valence-electron chi connectivity index (χ2n) is 16.6. The molecule has 0 aromatic heterocycles. The monoisotopic (exact) mass is 952 g/mol. The Morgan fingerprint density at radius 3 is 1.15 bits per heavy atom. The van der Waals surface area contributed by atoms with Gasteiger partial charge < -0.3 is 20.1 Å². The van der Waals surface area contributed by atoms with Crippen LogP contribution in [0.25, 0.3) is 0 Å². The molecule has 67 heavy (non-hydrogen) atoms. The summed E-state index contributed by atoms with van der Waals surface area (Å²) in [7, 11) is -4.40. The van der Waals surface area contributed by atoms with E-state index in [0.29, 0.717) is 12.8 Å². The first-order chi connectivity index (χ1) is 32.8. The van der Waals surface area contributed by atoms with Gasteiger partial charge in [-0.3, -0.25) is 18.6 Å². The van der Waals surface area contributed by atoms with E-state index >= 15 is 0 Å². The average Bonchev–Trinajstić information content (AvgIpc) is 3.32. The van der Waals surface area contributed by atoms with E-state index in [4.69, 9.17) is 24.3 Å². The van der Waals surface area contributed by atoms with E-state index in [1.165, 1.54) is 38.5 Å². The summed E-state index contributed by atoms with van der Waals surface area (Å²) < 4.78 is 32.9. The number of hydrogen-bond donors (Lipinski definition) is 2. The molecule has 0 saturated heterocycles. The highest BCUT2D eigenvalue weighted by molar-refractivity contribution is 7.47. The van der Waals surface area contributed by atoms with Crippen molar-refractivity contribution >= 4 is 19.8 Å². The van der Waals surface area contributed by atoms with Gasteiger partial charge in [0.05, 0.1) is 13.2 Å². The summed E-state index contributed by atoms with van der Waals surface area (Å²) >= 11 is 0. The number of rotatable bonds is 47. The summed E-state index contributed by atoms with van der Waals surface area (Å²) in [4.78, 5) is 35.1. The van der Waals surface area contributed by atoms with Gasteiger partial charge in [-0.15, -0.1) is 0 Å². The summed E-state index contributed by atoms with van der Waals surface area (Å²) in [5, 5.41) is 0. The molecule has 2 unspecified atom stereocenters. The summed E-state index contributed by atoms with van der Waals surface area (Å²) in [5.74, 6) is -0.863. The van der Waals surface area contributed by atoms with Crippen LogP contribution < -0.4 is 5.73 Å². The molecular formula is C57H94NO8P. The van der Waals surface area contributed by atoms with Gasteiger partial charge in [0.1, 0.15) is 6.61 Å². The van der Waals surface area contributed by atoms with Gasteiger partial charge >= 0.3 is 19.8 Å². The number of phosphoric ester groups is 1. The second-order valence-corrected chi connectivity index (χ2v) is 18.1. The molecule has 0 aliphatic carbocycles. The second kappa shape index (κ2) is 51.8. The maximum Gasteiger partial charge on any atom is 0.472 e. The molecule has 3 N–H and O–H groups in total. The Kier molecular flexibility index (Phi) is 49.0. The van der Waals surface area contributed by atoms with Crippen LogP contribution in [-0.4, -0.2) is 49.3 Å². The highest BCUT2D eigenvalue weighted by Gasteiger charge is 2.26. The first kappa shape index (κ1) is 63.4. The van der Waals surface area contributed by atoms with Crippen LogP contribution in [0.15, 0.2) is 122 Å². The Hall–Kier alpha value is -3.59. The van der Waals surface area contributed by atoms with Crippen molar-refractivity contribution in [3.8, 4) is 0 Å². The van der Waals surface area contributed by atoms with Crippen molar-refractivity contribution in [2.75, 3.05) is 26.4 Å². The van der Waals surface area contributed by atoms with E-state index in [0.717, 1.165) is 116 Å². The number of carbonyl (C=O) groups is 2. The molecular weight excluding hydrogens is 858 g/mol. The number of hydrogen-bond acceptors (Lipinski definition) is 8. The normalized spacial score (nSPS) is 14.1. The van der Waals surface area contributed by atoms with E-state index in [1.54, 1.807) is 0 Å². The van der Waals surface area contributed by atoms with Gasteiger partial charge in [0.25, 0.3) is 0 Å². The molecule has 0 aliphatic rings. The van der Waals surface area contributed by atoms with E-state index in [2.05, 4.69) is 135 Å². The predicted molar refractivity (Wildman–Crippen MR) is 284 cm³/mol. The Morgan fingerprint density at radius 2 is 0.776 bits per heavy atom. The first-order valence-corrected chi connectivity index (χ1v) is 27.5. The Labute approximate surface area is 409 Å².